The van der Waals surface area contributed by atoms with Gasteiger partial charge in [-0.15, -0.1) is 0 Å². The van der Waals surface area contributed by atoms with E-state index in [-0.39, 0.29) is 12.1 Å². The molecule has 0 radical (unpaired) electrons. The first kappa shape index (κ1) is 21.9. The first-order valence-corrected chi connectivity index (χ1v) is 11.4. The molecule has 0 aliphatic rings. The van der Waals surface area contributed by atoms with Crippen molar-refractivity contribution in [1.29, 1.82) is 0 Å². The van der Waals surface area contributed by atoms with Crippen LogP contribution in [0.1, 0.15) is 25.7 Å². The Kier molecular flexibility index (Phi) is 6.14. The zero-order valence-electron chi connectivity index (χ0n) is 18.5. The van der Waals surface area contributed by atoms with Crippen molar-refractivity contribution >= 4 is 17.1 Å². The van der Waals surface area contributed by atoms with Gasteiger partial charge in [0, 0.05) is 28.5 Å². The Bertz CT molecular complexity index is 1490. The van der Waals surface area contributed by atoms with Gasteiger partial charge in [0.1, 0.15) is 17.8 Å². The fourth-order valence-electron chi connectivity index (χ4n) is 3.59. The zero-order chi connectivity index (χ0) is 23.5. The van der Waals surface area contributed by atoms with Gasteiger partial charge in [-0.05, 0) is 48.9 Å². The summed E-state index contributed by atoms with van der Waals surface area (Å²) < 4.78 is 14.4. The molecule has 0 N–H and O–H groups in total. The number of para-hydroxylation sites is 1. The lowest BCUT2D eigenvalue weighted by atomic mass is 10.1. The van der Waals surface area contributed by atoms with Gasteiger partial charge in [0.05, 0.1) is 12.3 Å². The third-order valence-electron chi connectivity index (χ3n) is 5.40. The van der Waals surface area contributed by atoms with E-state index in [4.69, 9.17) is 20.9 Å². The highest BCUT2D eigenvalue weighted by Gasteiger charge is 2.15. The van der Waals surface area contributed by atoms with Gasteiger partial charge < -0.3 is 13.8 Å². The number of ether oxygens (including phenoxy) is 1. The summed E-state index contributed by atoms with van der Waals surface area (Å²) in [7, 11) is 0. The second-order valence-electron chi connectivity index (χ2n) is 7.81. The Morgan fingerprint density at radius 3 is 2.74 bits per heavy atom. The number of aromatic nitrogens is 5. The van der Waals surface area contributed by atoms with Crippen molar-refractivity contribution in [2.45, 2.75) is 26.3 Å². The Hall–Kier alpha value is -3.91. The largest absolute Gasteiger partial charge is 0.493 e. The van der Waals surface area contributed by atoms with Crippen molar-refractivity contribution in [2.24, 2.45) is 0 Å². The van der Waals surface area contributed by atoms with Crippen molar-refractivity contribution in [3.8, 4) is 28.4 Å². The molecule has 0 aliphatic heterocycles. The number of nitrogens with zero attached hydrogens (tertiary/aromatic N) is 5. The monoisotopic (exact) mass is 475 g/mol. The minimum Gasteiger partial charge on any atom is -0.493 e. The van der Waals surface area contributed by atoms with Crippen molar-refractivity contribution in [2.75, 3.05) is 6.61 Å². The highest BCUT2D eigenvalue weighted by molar-refractivity contribution is 6.30. The first-order valence-electron chi connectivity index (χ1n) is 11.0. The van der Waals surface area contributed by atoms with E-state index in [1.165, 1.54) is 4.57 Å². The maximum Gasteiger partial charge on any atom is 0.277 e. The van der Waals surface area contributed by atoms with E-state index in [2.05, 4.69) is 22.2 Å². The maximum absolute atomic E-state index is 13.2. The topological polar surface area (TPSA) is 87.5 Å². The fourth-order valence-corrected chi connectivity index (χ4v) is 3.72. The summed E-state index contributed by atoms with van der Waals surface area (Å²) in [5.41, 5.74) is 2.53. The molecule has 0 spiro atoms. The Morgan fingerprint density at radius 2 is 1.91 bits per heavy atom. The number of fused-ring (bicyclic) bond motifs is 1. The lowest BCUT2D eigenvalue weighted by Gasteiger charge is -2.09. The molecule has 0 amide bonds. The van der Waals surface area contributed by atoms with E-state index in [1.54, 1.807) is 35.1 Å². The molecule has 0 unspecified atom stereocenters. The zero-order valence-corrected chi connectivity index (χ0v) is 19.3. The van der Waals surface area contributed by atoms with Crippen LogP contribution in [-0.4, -0.2) is 30.9 Å². The SMILES string of the molecule is CCCCOc1ccccc1-c1cc2c(=O)n(Cc3nc(-c4ccc(Cl)cc4)no3)ccn2n1. The van der Waals surface area contributed by atoms with Crippen LogP contribution in [0.5, 0.6) is 5.75 Å². The third-order valence-corrected chi connectivity index (χ3v) is 5.65. The minimum atomic E-state index is -0.211. The summed E-state index contributed by atoms with van der Waals surface area (Å²) >= 11 is 5.94. The molecule has 5 aromatic rings. The molecule has 0 fully saturated rings. The van der Waals surface area contributed by atoms with Gasteiger partial charge in [-0.2, -0.15) is 10.1 Å². The van der Waals surface area contributed by atoms with E-state index < -0.39 is 0 Å². The van der Waals surface area contributed by atoms with Crippen molar-refractivity contribution in [1.82, 2.24) is 24.3 Å². The molecule has 8 nitrogen and oxygen atoms in total. The summed E-state index contributed by atoms with van der Waals surface area (Å²) in [5, 5.41) is 9.23. The lowest BCUT2D eigenvalue weighted by molar-refractivity contribution is 0.310. The number of halogens is 1. The number of unbranched alkanes of at least 4 members (excludes halogenated alkanes) is 1. The fraction of sp³-hybridized carbons (Fsp3) is 0.200. The highest BCUT2D eigenvalue weighted by atomic mass is 35.5. The van der Waals surface area contributed by atoms with E-state index in [0.717, 1.165) is 29.7 Å². The first-order chi connectivity index (χ1) is 16.6. The third kappa shape index (κ3) is 4.45. The minimum absolute atomic E-state index is 0.146. The lowest BCUT2D eigenvalue weighted by Crippen LogP contribution is -2.21. The number of hydrogen-bond donors (Lipinski definition) is 0. The Labute approximate surface area is 200 Å². The number of benzene rings is 2. The second-order valence-corrected chi connectivity index (χ2v) is 8.24. The van der Waals surface area contributed by atoms with Gasteiger partial charge in [-0.3, -0.25) is 4.79 Å². The van der Waals surface area contributed by atoms with Gasteiger partial charge in [0.15, 0.2) is 0 Å². The predicted octanol–water partition coefficient (Wildman–Crippen LogP) is 5.09. The summed E-state index contributed by atoms with van der Waals surface area (Å²) in [5.74, 6) is 1.51. The van der Waals surface area contributed by atoms with Crippen LogP contribution >= 0.6 is 11.6 Å². The van der Waals surface area contributed by atoms with Gasteiger partial charge in [-0.1, -0.05) is 42.2 Å². The van der Waals surface area contributed by atoms with Crippen LogP contribution in [-0.2, 0) is 6.54 Å². The molecule has 34 heavy (non-hydrogen) atoms. The molecule has 0 saturated carbocycles. The van der Waals surface area contributed by atoms with Crippen LogP contribution in [0.25, 0.3) is 28.2 Å². The summed E-state index contributed by atoms with van der Waals surface area (Å²) in [6.45, 7) is 2.90. The molecule has 5 rings (SSSR count). The quantitative estimate of drug-likeness (QED) is 0.290. The molecular weight excluding hydrogens is 454 g/mol. The van der Waals surface area contributed by atoms with Crippen molar-refractivity contribution in [3.63, 3.8) is 0 Å². The second kappa shape index (κ2) is 9.52. The van der Waals surface area contributed by atoms with Gasteiger partial charge in [0.25, 0.3) is 5.56 Å². The van der Waals surface area contributed by atoms with E-state index >= 15 is 0 Å². The summed E-state index contributed by atoms with van der Waals surface area (Å²) in [6.07, 6.45) is 5.41. The van der Waals surface area contributed by atoms with Crippen LogP contribution in [0.4, 0.5) is 0 Å². The molecule has 2 aromatic carbocycles. The molecule has 0 saturated heterocycles. The van der Waals surface area contributed by atoms with E-state index in [0.29, 0.717) is 34.6 Å². The molecular formula is C25H22ClN5O3. The average molecular weight is 476 g/mol. The standard InChI is InChI=1S/C25H22ClN5O3/c1-2-3-14-33-22-7-5-4-6-19(22)20-15-21-25(32)30(12-13-31(21)28-20)16-23-27-24(29-34-23)17-8-10-18(26)11-9-17/h4-13,15H,2-3,14,16H2,1H3. The normalized spacial score (nSPS) is 11.2. The highest BCUT2D eigenvalue weighted by Crippen LogP contribution is 2.29. The van der Waals surface area contributed by atoms with Gasteiger partial charge in [-0.25, -0.2) is 4.52 Å². The summed E-state index contributed by atoms with van der Waals surface area (Å²) in [4.78, 5) is 17.6. The number of rotatable bonds is 8. The van der Waals surface area contributed by atoms with Gasteiger partial charge >= 0.3 is 0 Å². The Balaban J connectivity index is 1.42. The maximum atomic E-state index is 13.2. The van der Waals surface area contributed by atoms with Crippen LogP contribution < -0.4 is 10.3 Å². The molecule has 172 valence electrons. The van der Waals surface area contributed by atoms with Crippen LogP contribution in [0.3, 0.4) is 0 Å². The molecule has 9 heteroatoms. The molecule has 0 aliphatic carbocycles. The smallest absolute Gasteiger partial charge is 0.277 e. The van der Waals surface area contributed by atoms with Gasteiger partial charge in [0.2, 0.25) is 11.7 Å². The molecule has 3 aromatic heterocycles. The Morgan fingerprint density at radius 1 is 1.09 bits per heavy atom. The average Bonchev–Trinajstić information content (AvgIpc) is 3.50. The van der Waals surface area contributed by atoms with Crippen molar-refractivity contribution < 1.29 is 9.26 Å². The van der Waals surface area contributed by atoms with E-state index in [9.17, 15) is 4.79 Å². The molecule has 0 atom stereocenters. The molecule has 3 heterocycles. The van der Waals surface area contributed by atoms with Crippen LogP contribution in [0.15, 0.2) is 76.3 Å². The summed E-state index contributed by atoms with van der Waals surface area (Å²) in [6, 6.07) is 16.6. The van der Waals surface area contributed by atoms with Crippen molar-refractivity contribution in [3.05, 3.63) is 88.3 Å². The van der Waals surface area contributed by atoms with Crippen LogP contribution in [0, 0.1) is 0 Å². The van der Waals surface area contributed by atoms with E-state index in [1.807, 2.05) is 36.4 Å². The van der Waals surface area contributed by atoms with Crippen LogP contribution in [0.2, 0.25) is 5.02 Å². The number of hydrogen-bond acceptors (Lipinski definition) is 6. The molecule has 0 bridgehead atoms. The predicted molar refractivity (Wildman–Crippen MR) is 129 cm³/mol.